The molecule has 0 aliphatic heterocycles. The van der Waals surface area contributed by atoms with E-state index >= 15 is 0 Å². The van der Waals surface area contributed by atoms with Crippen molar-refractivity contribution in [2.24, 2.45) is 0 Å². The Morgan fingerprint density at radius 1 is 0.625 bits per heavy atom. The molecule has 0 radical (unpaired) electrons. The van der Waals surface area contributed by atoms with Gasteiger partial charge in [0.2, 0.25) is 0 Å². The first-order valence-electron chi connectivity index (χ1n) is 10.1. The van der Waals surface area contributed by atoms with Crippen LogP contribution >= 0.6 is 0 Å². The van der Waals surface area contributed by atoms with Crippen LogP contribution in [0.1, 0.15) is 103 Å². The van der Waals surface area contributed by atoms with Gasteiger partial charge in [0, 0.05) is 6.42 Å². The van der Waals surface area contributed by atoms with E-state index in [1.165, 1.54) is 89.9 Å². The molecule has 0 fully saturated rings. The van der Waals surface area contributed by atoms with E-state index in [1.807, 2.05) is 0 Å². The van der Waals surface area contributed by atoms with E-state index in [4.69, 9.17) is 5.11 Å². The molecule has 0 amide bonds. The third-order valence-electron chi connectivity index (χ3n) is 4.13. The number of rotatable bonds is 15. The molecule has 24 heavy (non-hydrogen) atoms. The van der Waals surface area contributed by atoms with Crippen LogP contribution in [-0.2, 0) is 0 Å². The summed E-state index contributed by atoms with van der Waals surface area (Å²) in [5.41, 5.74) is 0. The van der Waals surface area contributed by atoms with Crippen LogP contribution in [0.4, 0.5) is 0 Å². The average Bonchev–Trinajstić information content (AvgIpc) is 2.60. The molecule has 0 aromatic heterocycles. The van der Waals surface area contributed by atoms with Crippen molar-refractivity contribution in [2.75, 3.05) is 6.61 Å². The summed E-state index contributed by atoms with van der Waals surface area (Å²) in [6.45, 7) is 2.17. The van der Waals surface area contributed by atoms with Gasteiger partial charge in [-0.2, -0.15) is 0 Å². The summed E-state index contributed by atoms with van der Waals surface area (Å²) >= 11 is 0. The maximum atomic E-state index is 8.47. The van der Waals surface area contributed by atoms with E-state index < -0.39 is 0 Å². The lowest BCUT2D eigenvalue weighted by molar-refractivity contribution is 0.350. The van der Waals surface area contributed by atoms with E-state index in [0.29, 0.717) is 0 Å². The SMILES string of the molecule is CCCCCC/C=C\CCCCCCCCCCC#CC#CCO. The first-order valence-corrected chi connectivity index (χ1v) is 10.1. The Hall–Kier alpha value is -1.18. The van der Waals surface area contributed by atoms with Crippen LogP contribution in [0.5, 0.6) is 0 Å². The summed E-state index contributed by atoms with van der Waals surface area (Å²) in [6, 6.07) is 0. The van der Waals surface area contributed by atoms with Crippen LogP contribution in [0.3, 0.4) is 0 Å². The minimum absolute atomic E-state index is 0.0932. The monoisotopic (exact) mass is 330 g/mol. The maximum Gasteiger partial charge on any atom is 0.105 e. The highest BCUT2D eigenvalue weighted by Gasteiger charge is 1.91. The largest absolute Gasteiger partial charge is 0.384 e. The van der Waals surface area contributed by atoms with Gasteiger partial charge in [-0.05, 0) is 43.9 Å². The Bertz CT molecular complexity index is 386. The van der Waals surface area contributed by atoms with Gasteiger partial charge < -0.3 is 5.11 Å². The van der Waals surface area contributed by atoms with Crippen molar-refractivity contribution in [1.29, 1.82) is 0 Å². The van der Waals surface area contributed by atoms with Gasteiger partial charge in [0.05, 0.1) is 0 Å². The zero-order valence-electron chi connectivity index (χ0n) is 15.9. The van der Waals surface area contributed by atoms with Crippen molar-refractivity contribution in [3.63, 3.8) is 0 Å². The topological polar surface area (TPSA) is 20.2 Å². The number of hydrogen-bond donors (Lipinski definition) is 1. The fraction of sp³-hybridized carbons (Fsp3) is 0.739. The lowest BCUT2D eigenvalue weighted by atomic mass is 10.1. The van der Waals surface area contributed by atoms with Crippen LogP contribution in [0.15, 0.2) is 12.2 Å². The second-order valence-electron chi connectivity index (χ2n) is 6.45. The molecule has 0 bridgehead atoms. The first kappa shape index (κ1) is 22.8. The lowest BCUT2D eigenvalue weighted by Crippen LogP contribution is -1.81. The van der Waals surface area contributed by atoms with Gasteiger partial charge in [-0.3, -0.25) is 0 Å². The summed E-state index contributed by atoms with van der Waals surface area (Å²) < 4.78 is 0. The van der Waals surface area contributed by atoms with Crippen LogP contribution in [0.25, 0.3) is 0 Å². The predicted octanol–water partition coefficient (Wildman–Crippen LogP) is 6.41. The van der Waals surface area contributed by atoms with Gasteiger partial charge >= 0.3 is 0 Å². The molecule has 136 valence electrons. The third-order valence-corrected chi connectivity index (χ3v) is 4.13. The fourth-order valence-corrected chi connectivity index (χ4v) is 2.65. The van der Waals surface area contributed by atoms with Crippen LogP contribution in [0, 0.1) is 23.7 Å². The molecular formula is C23H38O. The van der Waals surface area contributed by atoms with Crippen molar-refractivity contribution in [3.05, 3.63) is 12.2 Å². The smallest absolute Gasteiger partial charge is 0.105 e. The highest BCUT2D eigenvalue weighted by molar-refractivity contribution is 5.25. The molecular weight excluding hydrogens is 292 g/mol. The molecule has 0 unspecified atom stereocenters. The maximum absolute atomic E-state index is 8.47. The quantitative estimate of drug-likeness (QED) is 0.209. The number of allylic oxidation sites excluding steroid dienone is 2. The van der Waals surface area contributed by atoms with Crippen molar-refractivity contribution in [1.82, 2.24) is 0 Å². The molecule has 0 spiro atoms. The Balaban J connectivity index is 3.14. The van der Waals surface area contributed by atoms with Crippen molar-refractivity contribution >= 4 is 0 Å². The van der Waals surface area contributed by atoms with Crippen LogP contribution in [0.2, 0.25) is 0 Å². The standard InChI is InChI=1S/C23H38O/c1-2-3-4-5-6-7-8-9-10-11-12-13-14-15-16-17-18-19-20-21-22-23-24/h7-8,24H,2-6,9-18,23H2,1H3/b8-7-. The molecule has 0 atom stereocenters. The summed E-state index contributed by atoms with van der Waals surface area (Å²) in [7, 11) is 0. The van der Waals surface area contributed by atoms with Gasteiger partial charge in [0.15, 0.2) is 0 Å². The van der Waals surface area contributed by atoms with Crippen molar-refractivity contribution < 1.29 is 5.11 Å². The summed E-state index contributed by atoms with van der Waals surface area (Å²) in [6.07, 6.45) is 24.4. The van der Waals surface area contributed by atoms with Crippen molar-refractivity contribution in [3.8, 4) is 23.7 Å². The van der Waals surface area contributed by atoms with E-state index in [0.717, 1.165) is 6.42 Å². The van der Waals surface area contributed by atoms with Crippen LogP contribution < -0.4 is 0 Å². The number of unbranched alkanes of at least 4 members (excludes halogenated alkanes) is 13. The number of aliphatic hydroxyl groups is 1. The fourth-order valence-electron chi connectivity index (χ4n) is 2.65. The van der Waals surface area contributed by atoms with Crippen molar-refractivity contribution in [2.45, 2.75) is 103 Å². The van der Waals surface area contributed by atoms with E-state index in [9.17, 15) is 0 Å². The molecule has 0 aromatic carbocycles. The molecule has 0 heterocycles. The molecule has 1 N–H and O–H groups in total. The first-order chi connectivity index (χ1) is 11.9. The Kier molecular flexibility index (Phi) is 20.7. The highest BCUT2D eigenvalue weighted by atomic mass is 16.2. The second kappa shape index (κ2) is 21.8. The Labute approximate surface area is 151 Å². The summed E-state index contributed by atoms with van der Waals surface area (Å²) in [4.78, 5) is 0. The minimum atomic E-state index is -0.0932. The van der Waals surface area contributed by atoms with Gasteiger partial charge in [-0.25, -0.2) is 0 Å². The normalized spacial score (nSPS) is 10.2. The van der Waals surface area contributed by atoms with Gasteiger partial charge in [0.1, 0.15) is 6.61 Å². The molecule has 0 saturated heterocycles. The molecule has 1 nitrogen and oxygen atoms in total. The van der Waals surface area contributed by atoms with E-state index in [2.05, 4.69) is 42.8 Å². The lowest BCUT2D eigenvalue weighted by Gasteiger charge is -2.00. The zero-order chi connectivity index (χ0) is 17.6. The zero-order valence-corrected chi connectivity index (χ0v) is 15.9. The third kappa shape index (κ3) is 20.8. The summed E-state index contributed by atoms with van der Waals surface area (Å²) in [5.74, 6) is 10.9. The Morgan fingerprint density at radius 2 is 1.12 bits per heavy atom. The summed E-state index contributed by atoms with van der Waals surface area (Å²) in [5, 5.41) is 8.47. The molecule has 1 heteroatoms. The van der Waals surface area contributed by atoms with E-state index in [-0.39, 0.29) is 6.61 Å². The Morgan fingerprint density at radius 3 is 1.71 bits per heavy atom. The van der Waals surface area contributed by atoms with Gasteiger partial charge in [-0.1, -0.05) is 88.7 Å². The average molecular weight is 331 g/mol. The van der Waals surface area contributed by atoms with E-state index in [1.54, 1.807) is 0 Å². The molecule has 0 aromatic rings. The molecule has 0 saturated carbocycles. The minimum Gasteiger partial charge on any atom is -0.384 e. The number of hydrogen-bond acceptors (Lipinski definition) is 1. The second-order valence-corrected chi connectivity index (χ2v) is 6.45. The van der Waals surface area contributed by atoms with Gasteiger partial charge in [-0.15, -0.1) is 0 Å². The molecule has 0 aliphatic rings. The molecule has 0 rings (SSSR count). The predicted molar refractivity (Wildman–Crippen MR) is 107 cm³/mol. The van der Waals surface area contributed by atoms with Crippen LogP contribution in [-0.4, -0.2) is 11.7 Å². The molecule has 0 aliphatic carbocycles. The number of aliphatic hydroxyl groups excluding tert-OH is 1. The highest BCUT2D eigenvalue weighted by Crippen LogP contribution is 2.11. The van der Waals surface area contributed by atoms with Gasteiger partial charge in [0.25, 0.3) is 0 Å².